The van der Waals surface area contributed by atoms with Crippen LogP contribution in [0.2, 0.25) is 0 Å². The number of hydrogen-bond acceptors (Lipinski definition) is 3. The van der Waals surface area contributed by atoms with Gasteiger partial charge in [-0.3, -0.25) is 4.90 Å². The lowest BCUT2D eigenvalue weighted by Crippen LogP contribution is -2.52. The minimum atomic E-state index is -0.267. The van der Waals surface area contributed by atoms with Crippen LogP contribution >= 0.6 is 0 Å². The molecule has 2 aromatic rings. The highest BCUT2D eigenvalue weighted by Gasteiger charge is 2.20. The number of nitrogens with one attached hydrogen (secondary N) is 1. The van der Waals surface area contributed by atoms with Crippen LogP contribution in [-0.4, -0.2) is 61.7 Å². The number of carbonyl (C=O) groups is 1. The normalized spacial score (nSPS) is 14.6. The summed E-state index contributed by atoms with van der Waals surface area (Å²) in [4.78, 5) is 16.6. The van der Waals surface area contributed by atoms with E-state index in [4.69, 9.17) is 4.74 Å². The zero-order valence-corrected chi connectivity index (χ0v) is 16.9. The standard InChI is InChI=1S/C23H30FN3O2/c24-21-8-10-22(11-9-21)29-19-5-4-13-25-23(28)27-17-15-26(16-18-27)14-12-20-6-2-1-3-7-20/h1-3,6-11H,4-5,12-19H2,(H,25,28). The Morgan fingerprint density at radius 1 is 0.966 bits per heavy atom. The topological polar surface area (TPSA) is 44.8 Å². The number of amides is 2. The average molecular weight is 400 g/mol. The molecule has 0 saturated carbocycles. The van der Waals surface area contributed by atoms with Gasteiger partial charge in [-0.15, -0.1) is 0 Å². The fourth-order valence-corrected chi connectivity index (χ4v) is 3.36. The van der Waals surface area contributed by atoms with Crippen LogP contribution in [-0.2, 0) is 6.42 Å². The van der Waals surface area contributed by atoms with Gasteiger partial charge in [0.05, 0.1) is 6.61 Å². The number of nitrogens with zero attached hydrogens (tertiary/aromatic N) is 2. The van der Waals surface area contributed by atoms with E-state index >= 15 is 0 Å². The lowest BCUT2D eigenvalue weighted by atomic mass is 10.1. The summed E-state index contributed by atoms with van der Waals surface area (Å²) in [6.07, 6.45) is 2.74. The summed E-state index contributed by atoms with van der Waals surface area (Å²) < 4.78 is 18.4. The molecule has 1 aliphatic heterocycles. The number of hydrogen-bond donors (Lipinski definition) is 1. The highest BCUT2D eigenvalue weighted by Crippen LogP contribution is 2.11. The largest absolute Gasteiger partial charge is 0.494 e. The van der Waals surface area contributed by atoms with Gasteiger partial charge >= 0.3 is 6.03 Å². The highest BCUT2D eigenvalue weighted by atomic mass is 19.1. The first-order chi connectivity index (χ1) is 14.2. The molecule has 1 aliphatic rings. The van der Waals surface area contributed by atoms with Gasteiger partial charge in [-0.05, 0) is 49.1 Å². The molecule has 1 heterocycles. The number of halogens is 1. The third-order valence-corrected chi connectivity index (χ3v) is 5.15. The van der Waals surface area contributed by atoms with E-state index in [1.165, 1.54) is 17.7 Å². The average Bonchev–Trinajstić information content (AvgIpc) is 2.77. The molecule has 0 spiro atoms. The second kappa shape index (κ2) is 11.4. The van der Waals surface area contributed by atoms with Gasteiger partial charge in [0, 0.05) is 39.3 Å². The summed E-state index contributed by atoms with van der Waals surface area (Å²) in [7, 11) is 0. The van der Waals surface area contributed by atoms with Crippen molar-refractivity contribution in [3.63, 3.8) is 0 Å². The number of rotatable bonds is 9. The van der Waals surface area contributed by atoms with Crippen LogP contribution in [0, 0.1) is 5.82 Å². The van der Waals surface area contributed by atoms with Crippen molar-refractivity contribution >= 4 is 6.03 Å². The smallest absolute Gasteiger partial charge is 0.317 e. The van der Waals surface area contributed by atoms with Crippen molar-refractivity contribution in [3.05, 3.63) is 66.0 Å². The molecule has 0 bridgehead atoms. The van der Waals surface area contributed by atoms with Gasteiger partial charge in [-0.1, -0.05) is 30.3 Å². The monoisotopic (exact) mass is 399 g/mol. The van der Waals surface area contributed by atoms with E-state index in [0.29, 0.717) is 18.9 Å². The molecule has 0 unspecified atom stereocenters. The van der Waals surface area contributed by atoms with Gasteiger partial charge in [-0.2, -0.15) is 0 Å². The summed E-state index contributed by atoms with van der Waals surface area (Å²) in [5.74, 6) is 0.401. The fraction of sp³-hybridized carbons (Fsp3) is 0.435. The maximum Gasteiger partial charge on any atom is 0.317 e. The Kier molecular flexibility index (Phi) is 8.31. The van der Waals surface area contributed by atoms with Crippen molar-refractivity contribution in [2.75, 3.05) is 45.9 Å². The molecule has 1 saturated heterocycles. The van der Waals surface area contributed by atoms with Gasteiger partial charge in [0.25, 0.3) is 0 Å². The molecule has 156 valence electrons. The van der Waals surface area contributed by atoms with Gasteiger partial charge in [0.1, 0.15) is 11.6 Å². The van der Waals surface area contributed by atoms with Crippen LogP contribution in [0.5, 0.6) is 5.75 Å². The van der Waals surface area contributed by atoms with Crippen molar-refractivity contribution in [1.82, 2.24) is 15.1 Å². The molecule has 1 fully saturated rings. The number of ether oxygens (including phenoxy) is 1. The lowest BCUT2D eigenvalue weighted by molar-refractivity contribution is 0.140. The second-order valence-electron chi connectivity index (χ2n) is 7.31. The third kappa shape index (κ3) is 7.38. The Balaban J connectivity index is 1.23. The predicted octanol–water partition coefficient (Wildman–Crippen LogP) is 3.55. The van der Waals surface area contributed by atoms with Crippen LogP contribution < -0.4 is 10.1 Å². The van der Waals surface area contributed by atoms with Crippen molar-refractivity contribution in [3.8, 4) is 5.75 Å². The molecule has 3 rings (SSSR count). The van der Waals surface area contributed by atoms with Gasteiger partial charge in [0.2, 0.25) is 0 Å². The molecule has 0 aliphatic carbocycles. The lowest BCUT2D eigenvalue weighted by Gasteiger charge is -2.34. The second-order valence-corrected chi connectivity index (χ2v) is 7.31. The summed E-state index contributed by atoms with van der Waals surface area (Å²) >= 11 is 0. The number of unbranched alkanes of at least 4 members (excludes halogenated alkanes) is 1. The Hall–Kier alpha value is -2.60. The molecule has 29 heavy (non-hydrogen) atoms. The SMILES string of the molecule is O=C(NCCCCOc1ccc(F)cc1)N1CCN(CCc2ccccc2)CC1. The zero-order valence-electron chi connectivity index (χ0n) is 16.9. The zero-order chi connectivity index (χ0) is 20.3. The Morgan fingerprint density at radius 2 is 1.69 bits per heavy atom. The minimum absolute atomic E-state index is 0.0205. The van der Waals surface area contributed by atoms with Crippen LogP contribution in [0.15, 0.2) is 54.6 Å². The number of urea groups is 1. The molecular formula is C23H30FN3O2. The van der Waals surface area contributed by atoms with E-state index in [1.54, 1.807) is 12.1 Å². The Bertz CT molecular complexity index is 732. The first kappa shape index (κ1) is 21.1. The summed E-state index contributed by atoms with van der Waals surface area (Å²) in [5.41, 5.74) is 1.36. The Labute approximate surface area is 172 Å². The van der Waals surface area contributed by atoms with Gasteiger partial charge in [-0.25, -0.2) is 9.18 Å². The number of carbonyl (C=O) groups excluding carboxylic acids is 1. The van der Waals surface area contributed by atoms with E-state index in [-0.39, 0.29) is 11.8 Å². The molecule has 1 N–H and O–H groups in total. The number of piperazine rings is 1. The van der Waals surface area contributed by atoms with E-state index in [2.05, 4.69) is 34.5 Å². The van der Waals surface area contributed by atoms with Crippen LogP contribution in [0.25, 0.3) is 0 Å². The molecule has 2 amide bonds. The number of benzene rings is 2. The summed E-state index contributed by atoms with van der Waals surface area (Å²) in [6, 6.07) is 16.6. The van der Waals surface area contributed by atoms with E-state index in [9.17, 15) is 9.18 Å². The van der Waals surface area contributed by atoms with Crippen molar-refractivity contribution in [2.24, 2.45) is 0 Å². The fourth-order valence-electron chi connectivity index (χ4n) is 3.36. The molecule has 5 nitrogen and oxygen atoms in total. The Morgan fingerprint density at radius 3 is 2.41 bits per heavy atom. The van der Waals surface area contributed by atoms with E-state index in [1.807, 2.05) is 11.0 Å². The first-order valence-electron chi connectivity index (χ1n) is 10.4. The highest BCUT2D eigenvalue weighted by molar-refractivity contribution is 5.74. The first-order valence-corrected chi connectivity index (χ1v) is 10.4. The summed E-state index contributed by atoms with van der Waals surface area (Å²) in [6.45, 7) is 5.62. The molecule has 0 aromatic heterocycles. The van der Waals surface area contributed by atoms with E-state index in [0.717, 1.165) is 52.0 Å². The van der Waals surface area contributed by atoms with Gasteiger partial charge < -0.3 is 15.0 Å². The van der Waals surface area contributed by atoms with Crippen LogP contribution in [0.4, 0.5) is 9.18 Å². The van der Waals surface area contributed by atoms with Crippen molar-refractivity contribution in [1.29, 1.82) is 0 Å². The quantitative estimate of drug-likeness (QED) is 0.656. The molecule has 0 atom stereocenters. The van der Waals surface area contributed by atoms with Crippen LogP contribution in [0.3, 0.4) is 0 Å². The predicted molar refractivity (Wildman–Crippen MR) is 113 cm³/mol. The molecule has 0 radical (unpaired) electrons. The maximum atomic E-state index is 12.8. The maximum absolute atomic E-state index is 12.8. The molecule has 2 aromatic carbocycles. The van der Waals surface area contributed by atoms with Crippen molar-refractivity contribution < 1.29 is 13.9 Å². The van der Waals surface area contributed by atoms with Crippen molar-refractivity contribution in [2.45, 2.75) is 19.3 Å². The minimum Gasteiger partial charge on any atom is -0.494 e. The third-order valence-electron chi connectivity index (χ3n) is 5.15. The van der Waals surface area contributed by atoms with Gasteiger partial charge in [0.15, 0.2) is 0 Å². The van der Waals surface area contributed by atoms with Crippen LogP contribution in [0.1, 0.15) is 18.4 Å². The van der Waals surface area contributed by atoms with E-state index < -0.39 is 0 Å². The molecular weight excluding hydrogens is 369 g/mol. The molecule has 6 heteroatoms. The summed E-state index contributed by atoms with van der Waals surface area (Å²) in [5, 5.41) is 2.99.